The molecule has 1 saturated heterocycles. The van der Waals surface area contributed by atoms with Gasteiger partial charge < -0.3 is 9.88 Å². The highest BCUT2D eigenvalue weighted by Gasteiger charge is 2.17. The van der Waals surface area contributed by atoms with Gasteiger partial charge in [0.05, 0.1) is 0 Å². The summed E-state index contributed by atoms with van der Waals surface area (Å²) in [7, 11) is 0. The van der Waals surface area contributed by atoms with E-state index in [0.717, 1.165) is 6.54 Å². The minimum Gasteiger partial charge on any atom is -0.350 e. The van der Waals surface area contributed by atoms with Gasteiger partial charge in [0.2, 0.25) is 0 Å². The molecule has 0 radical (unpaired) electrons. The SMILES string of the molecule is CCn1cccc1[C@@H]1CCCN1. The number of hydrogen-bond donors (Lipinski definition) is 1. The summed E-state index contributed by atoms with van der Waals surface area (Å²) >= 11 is 0. The minimum absolute atomic E-state index is 0.611. The van der Waals surface area contributed by atoms with E-state index in [-0.39, 0.29) is 0 Å². The van der Waals surface area contributed by atoms with Crippen molar-refractivity contribution in [3.8, 4) is 0 Å². The normalized spacial score (nSPS) is 23.2. The summed E-state index contributed by atoms with van der Waals surface area (Å²) < 4.78 is 2.32. The van der Waals surface area contributed by atoms with Crippen LogP contribution in [0.4, 0.5) is 0 Å². The van der Waals surface area contributed by atoms with Gasteiger partial charge in [0.15, 0.2) is 0 Å². The zero-order valence-corrected chi connectivity index (χ0v) is 7.59. The Kier molecular flexibility index (Phi) is 2.17. The van der Waals surface area contributed by atoms with Gasteiger partial charge in [-0.2, -0.15) is 0 Å². The lowest BCUT2D eigenvalue weighted by Crippen LogP contribution is -2.16. The van der Waals surface area contributed by atoms with Crippen LogP contribution in [-0.4, -0.2) is 11.1 Å². The Bertz CT molecular complexity index is 246. The van der Waals surface area contributed by atoms with Crippen molar-refractivity contribution in [2.75, 3.05) is 6.54 Å². The molecular weight excluding hydrogens is 148 g/mol. The predicted molar refractivity (Wildman–Crippen MR) is 50.1 cm³/mol. The molecule has 0 saturated carbocycles. The molecule has 1 aliphatic rings. The molecule has 1 aromatic rings. The minimum atomic E-state index is 0.611. The third-order valence-electron chi connectivity index (χ3n) is 2.62. The van der Waals surface area contributed by atoms with Gasteiger partial charge >= 0.3 is 0 Å². The number of nitrogens with zero attached hydrogens (tertiary/aromatic N) is 1. The second-order valence-electron chi connectivity index (χ2n) is 3.37. The first-order chi connectivity index (χ1) is 5.92. The molecule has 2 rings (SSSR count). The molecule has 2 nitrogen and oxygen atoms in total. The van der Waals surface area contributed by atoms with Gasteiger partial charge in [0.1, 0.15) is 0 Å². The van der Waals surface area contributed by atoms with E-state index < -0.39 is 0 Å². The van der Waals surface area contributed by atoms with Gasteiger partial charge in [-0.15, -0.1) is 0 Å². The zero-order valence-electron chi connectivity index (χ0n) is 7.59. The Morgan fingerprint density at radius 1 is 1.67 bits per heavy atom. The van der Waals surface area contributed by atoms with Crippen LogP contribution < -0.4 is 5.32 Å². The molecular formula is C10H16N2. The molecule has 1 aromatic heterocycles. The first-order valence-corrected chi connectivity index (χ1v) is 4.80. The van der Waals surface area contributed by atoms with Crippen LogP contribution in [0.5, 0.6) is 0 Å². The summed E-state index contributed by atoms with van der Waals surface area (Å²) in [5.41, 5.74) is 1.45. The fourth-order valence-electron chi connectivity index (χ4n) is 1.97. The van der Waals surface area contributed by atoms with Crippen LogP contribution in [0, 0.1) is 0 Å². The van der Waals surface area contributed by atoms with Gasteiger partial charge in [0, 0.05) is 24.5 Å². The maximum absolute atomic E-state index is 3.51. The van der Waals surface area contributed by atoms with Gasteiger partial charge in [-0.3, -0.25) is 0 Å². The van der Waals surface area contributed by atoms with Crippen molar-refractivity contribution in [3.63, 3.8) is 0 Å². The summed E-state index contributed by atoms with van der Waals surface area (Å²) in [6, 6.07) is 4.98. The highest BCUT2D eigenvalue weighted by Crippen LogP contribution is 2.23. The highest BCUT2D eigenvalue weighted by atomic mass is 15.0. The Morgan fingerprint density at radius 2 is 2.58 bits per heavy atom. The van der Waals surface area contributed by atoms with E-state index >= 15 is 0 Å². The van der Waals surface area contributed by atoms with Crippen LogP contribution >= 0.6 is 0 Å². The molecule has 1 atom stereocenters. The standard InChI is InChI=1S/C10H16N2/c1-2-12-8-4-6-10(12)9-5-3-7-11-9/h4,6,8-9,11H,2-3,5,7H2,1H3/t9-/m0/s1. The first-order valence-electron chi connectivity index (χ1n) is 4.80. The van der Waals surface area contributed by atoms with E-state index in [1.807, 2.05) is 0 Å². The van der Waals surface area contributed by atoms with Crippen molar-refractivity contribution < 1.29 is 0 Å². The molecule has 1 N–H and O–H groups in total. The van der Waals surface area contributed by atoms with Crippen molar-refractivity contribution >= 4 is 0 Å². The maximum Gasteiger partial charge on any atom is 0.0475 e. The van der Waals surface area contributed by atoms with Crippen LogP contribution in [0.2, 0.25) is 0 Å². The van der Waals surface area contributed by atoms with Gasteiger partial charge in [0.25, 0.3) is 0 Å². The van der Waals surface area contributed by atoms with Gasteiger partial charge in [-0.1, -0.05) is 0 Å². The summed E-state index contributed by atoms with van der Waals surface area (Å²) in [5.74, 6) is 0. The smallest absolute Gasteiger partial charge is 0.0475 e. The molecule has 2 heterocycles. The van der Waals surface area contributed by atoms with Crippen LogP contribution in [0.25, 0.3) is 0 Å². The molecule has 0 unspecified atom stereocenters. The van der Waals surface area contributed by atoms with Crippen molar-refractivity contribution in [2.24, 2.45) is 0 Å². The lowest BCUT2D eigenvalue weighted by molar-refractivity contribution is 0.577. The molecule has 12 heavy (non-hydrogen) atoms. The van der Waals surface area contributed by atoms with Crippen LogP contribution in [0.3, 0.4) is 0 Å². The predicted octanol–water partition coefficient (Wildman–Crippen LogP) is 1.93. The fourth-order valence-corrected chi connectivity index (χ4v) is 1.97. The monoisotopic (exact) mass is 164 g/mol. The largest absolute Gasteiger partial charge is 0.350 e. The van der Waals surface area contributed by atoms with E-state index in [2.05, 4.69) is 35.1 Å². The fraction of sp³-hybridized carbons (Fsp3) is 0.600. The van der Waals surface area contributed by atoms with Crippen LogP contribution in [-0.2, 0) is 6.54 Å². The average molecular weight is 164 g/mol. The lowest BCUT2D eigenvalue weighted by Gasteiger charge is -2.12. The Balaban J connectivity index is 2.19. The molecule has 2 heteroatoms. The Labute approximate surface area is 73.6 Å². The van der Waals surface area contributed by atoms with Gasteiger partial charge in [-0.25, -0.2) is 0 Å². The second-order valence-corrected chi connectivity index (χ2v) is 3.37. The highest BCUT2D eigenvalue weighted by molar-refractivity contribution is 5.13. The average Bonchev–Trinajstić information content (AvgIpc) is 2.74. The van der Waals surface area contributed by atoms with Crippen LogP contribution in [0.1, 0.15) is 31.5 Å². The van der Waals surface area contributed by atoms with E-state index in [4.69, 9.17) is 0 Å². The van der Waals surface area contributed by atoms with Crippen molar-refractivity contribution in [1.29, 1.82) is 0 Å². The quantitative estimate of drug-likeness (QED) is 0.706. The molecule has 0 spiro atoms. The molecule has 0 bridgehead atoms. The van der Waals surface area contributed by atoms with Crippen LogP contribution in [0.15, 0.2) is 18.3 Å². The van der Waals surface area contributed by atoms with Crippen molar-refractivity contribution in [3.05, 3.63) is 24.0 Å². The molecule has 0 aromatic carbocycles. The second kappa shape index (κ2) is 3.31. The molecule has 1 aliphatic heterocycles. The lowest BCUT2D eigenvalue weighted by atomic mass is 10.1. The van der Waals surface area contributed by atoms with E-state index in [1.54, 1.807) is 0 Å². The van der Waals surface area contributed by atoms with Crippen molar-refractivity contribution in [1.82, 2.24) is 9.88 Å². The van der Waals surface area contributed by atoms with E-state index in [9.17, 15) is 0 Å². The molecule has 0 amide bonds. The number of rotatable bonds is 2. The third kappa shape index (κ3) is 1.27. The summed E-state index contributed by atoms with van der Waals surface area (Å²) in [5, 5.41) is 3.51. The summed E-state index contributed by atoms with van der Waals surface area (Å²) in [6.45, 7) is 4.46. The molecule has 1 fully saturated rings. The Hall–Kier alpha value is -0.760. The Morgan fingerprint density at radius 3 is 3.25 bits per heavy atom. The summed E-state index contributed by atoms with van der Waals surface area (Å²) in [4.78, 5) is 0. The number of nitrogens with one attached hydrogen (secondary N) is 1. The van der Waals surface area contributed by atoms with E-state index in [1.165, 1.54) is 25.1 Å². The number of aromatic nitrogens is 1. The third-order valence-corrected chi connectivity index (χ3v) is 2.62. The van der Waals surface area contributed by atoms with E-state index in [0.29, 0.717) is 6.04 Å². The zero-order chi connectivity index (χ0) is 8.39. The maximum atomic E-state index is 3.51. The first kappa shape index (κ1) is 7.87. The summed E-state index contributed by atoms with van der Waals surface area (Å²) in [6.07, 6.45) is 4.78. The van der Waals surface area contributed by atoms with Crippen molar-refractivity contribution in [2.45, 2.75) is 32.4 Å². The molecule has 66 valence electrons. The number of hydrogen-bond acceptors (Lipinski definition) is 1. The van der Waals surface area contributed by atoms with Gasteiger partial charge in [-0.05, 0) is 38.4 Å². The topological polar surface area (TPSA) is 17.0 Å². The number of aryl methyl sites for hydroxylation is 1. The molecule has 0 aliphatic carbocycles.